The molecule has 2 rings (SSSR count). The molecule has 2 amide bonds. The molecule has 0 aromatic carbocycles. The minimum atomic E-state index is -0.474. The molecule has 98 valence electrons. The van der Waals surface area contributed by atoms with Gasteiger partial charge in [-0.05, 0) is 25.0 Å². The standard InChI is InChI=1S/C13H19N3O2/c1-3-9(4-2)14-12(17)10-8-16-7-5-6-11(16)13(18)15-10/h5-7,9-10H,3-4,8H2,1-2H3,(H,14,17)(H,15,18). The predicted molar refractivity (Wildman–Crippen MR) is 68.2 cm³/mol. The fourth-order valence-corrected chi connectivity index (χ4v) is 2.20. The maximum Gasteiger partial charge on any atom is 0.268 e. The third kappa shape index (κ3) is 2.39. The summed E-state index contributed by atoms with van der Waals surface area (Å²) in [6, 6.07) is 3.28. The molecule has 1 aromatic heterocycles. The Morgan fingerprint density at radius 2 is 2.28 bits per heavy atom. The Bertz CT molecular complexity index is 449. The van der Waals surface area contributed by atoms with E-state index < -0.39 is 6.04 Å². The topological polar surface area (TPSA) is 63.1 Å². The quantitative estimate of drug-likeness (QED) is 0.833. The lowest BCUT2D eigenvalue weighted by atomic mass is 10.1. The highest BCUT2D eigenvalue weighted by Crippen LogP contribution is 2.10. The van der Waals surface area contributed by atoms with Crippen LogP contribution in [0.3, 0.4) is 0 Å². The third-order valence-corrected chi connectivity index (χ3v) is 3.40. The number of hydrogen-bond donors (Lipinski definition) is 2. The number of nitrogens with one attached hydrogen (secondary N) is 2. The van der Waals surface area contributed by atoms with Crippen molar-refractivity contribution in [3.8, 4) is 0 Å². The lowest BCUT2D eigenvalue weighted by Gasteiger charge is -2.26. The van der Waals surface area contributed by atoms with Crippen molar-refractivity contribution in [1.82, 2.24) is 15.2 Å². The van der Waals surface area contributed by atoms with Crippen LogP contribution in [-0.4, -0.2) is 28.5 Å². The van der Waals surface area contributed by atoms with Gasteiger partial charge in [0.1, 0.15) is 11.7 Å². The molecule has 1 aliphatic rings. The molecule has 0 bridgehead atoms. The van der Waals surface area contributed by atoms with E-state index in [1.807, 2.05) is 30.7 Å². The summed E-state index contributed by atoms with van der Waals surface area (Å²) in [7, 11) is 0. The zero-order valence-electron chi connectivity index (χ0n) is 10.8. The van der Waals surface area contributed by atoms with Crippen LogP contribution in [0.5, 0.6) is 0 Å². The van der Waals surface area contributed by atoms with Gasteiger partial charge in [0.2, 0.25) is 5.91 Å². The number of fused-ring (bicyclic) bond motifs is 1. The van der Waals surface area contributed by atoms with Crippen molar-refractivity contribution in [3.05, 3.63) is 24.0 Å². The summed E-state index contributed by atoms with van der Waals surface area (Å²) in [4.78, 5) is 23.8. The zero-order valence-corrected chi connectivity index (χ0v) is 10.8. The maximum atomic E-state index is 12.1. The first-order valence-electron chi connectivity index (χ1n) is 6.42. The molecule has 0 spiro atoms. The van der Waals surface area contributed by atoms with Gasteiger partial charge >= 0.3 is 0 Å². The molecule has 0 saturated heterocycles. The van der Waals surface area contributed by atoms with Gasteiger partial charge in [-0.25, -0.2) is 0 Å². The van der Waals surface area contributed by atoms with Gasteiger partial charge in [0.25, 0.3) is 5.91 Å². The van der Waals surface area contributed by atoms with Crippen molar-refractivity contribution in [1.29, 1.82) is 0 Å². The van der Waals surface area contributed by atoms with Gasteiger partial charge in [0, 0.05) is 12.2 Å². The van der Waals surface area contributed by atoms with Gasteiger partial charge in [0.05, 0.1) is 6.54 Å². The van der Waals surface area contributed by atoms with E-state index in [9.17, 15) is 9.59 Å². The van der Waals surface area contributed by atoms with Crippen LogP contribution in [0.25, 0.3) is 0 Å². The largest absolute Gasteiger partial charge is 0.352 e. The number of aromatic nitrogens is 1. The summed E-state index contributed by atoms with van der Waals surface area (Å²) in [5, 5.41) is 5.70. The van der Waals surface area contributed by atoms with Crippen molar-refractivity contribution in [3.63, 3.8) is 0 Å². The van der Waals surface area contributed by atoms with Gasteiger partial charge in [0.15, 0.2) is 0 Å². The fraction of sp³-hybridized carbons (Fsp3) is 0.538. The number of carbonyl (C=O) groups is 2. The van der Waals surface area contributed by atoms with Crippen molar-refractivity contribution >= 4 is 11.8 Å². The van der Waals surface area contributed by atoms with Gasteiger partial charge in [-0.15, -0.1) is 0 Å². The molecule has 0 saturated carbocycles. The molecule has 1 aliphatic heterocycles. The van der Waals surface area contributed by atoms with Crippen molar-refractivity contribution < 1.29 is 9.59 Å². The number of nitrogens with zero attached hydrogens (tertiary/aromatic N) is 1. The van der Waals surface area contributed by atoms with Crippen molar-refractivity contribution in [2.45, 2.75) is 45.3 Å². The first-order chi connectivity index (χ1) is 8.65. The molecule has 0 fully saturated rings. The van der Waals surface area contributed by atoms with E-state index in [0.717, 1.165) is 12.8 Å². The lowest BCUT2D eigenvalue weighted by Crippen LogP contribution is -2.54. The smallest absolute Gasteiger partial charge is 0.268 e. The third-order valence-electron chi connectivity index (χ3n) is 3.40. The maximum absolute atomic E-state index is 12.1. The Labute approximate surface area is 107 Å². The molecule has 1 atom stereocenters. The number of hydrogen-bond acceptors (Lipinski definition) is 2. The second-order valence-electron chi connectivity index (χ2n) is 4.59. The molecule has 0 radical (unpaired) electrons. The van der Waals surface area contributed by atoms with E-state index in [2.05, 4.69) is 10.6 Å². The van der Waals surface area contributed by atoms with Crippen LogP contribution in [0, 0.1) is 0 Å². The summed E-state index contributed by atoms with van der Waals surface area (Å²) in [5.41, 5.74) is 0.613. The van der Waals surface area contributed by atoms with Crippen molar-refractivity contribution in [2.24, 2.45) is 0 Å². The number of rotatable bonds is 4. The molecular formula is C13H19N3O2. The zero-order chi connectivity index (χ0) is 13.1. The second kappa shape index (κ2) is 5.25. The van der Waals surface area contributed by atoms with E-state index in [1.165, 1.54) is 0 Å². The lowest BCUT2D eigenvalue weighted by molar-refractivity contribution is -0.124. The van der Waals surface area contributed by atoms with E-state index >= 15 is 0 Å². The first kappa shape index (κ1) is 12.7. The average Bonchev–Trinajstić information content (AvgIpc) is 2.84. The van der Waals surface area contributed by atoms with E-state index in [1.54, 1.807) is 6.07 Å². The molecule has 0 aliphatic carbocycles. The van der Waals surface area contributed by atoms with Gasteiger partial charge in [-0.3, -0.25) is 9.59 Å². The first-order valence-corrected chi connectivity index (χ1v) is 6.42. The van der Waals surface area contributed by atoms with E-state index in [4.69, 9.17) is 0 Å². The number of carbonyl (C=O) groups excluding carboxylic acids is 2. The minimum absolute atomic E-state index is 0.101. The summed E-state index contributed by atoms with van der Waals surface area (Å²) < 4.78 is 1.82. The second-order valence-corrected chi connectivity index (χ2v) is 4.59. The molecule has 5 heteroatoms. The van der Waals surface area contributed by atoms with Crippen molar-refractivity contribution in [2.75, 3.05) is 0 Å². The Hall–Kier alpha value is -1.78. The molecule has 2 N–H and O–H groups in total. The molecule has 18 heavy (non-hydrogen) atoms. The van der Waals surface area contributed by atoms with E-state index in [0.29, 0.717) is 12.2 Å². The summed E-state index contributed by atoms with van der Waals surface area (Å²) in [6.07, 6.45) is 3.63. The monoisotopic (exact) mass is 249 g/mol. The Morgan fingerprint density at radius 1 is 1.56 bits per heavy atom. The van der Waals surface area contributed by atoms with Crippen LogP contribution in [0.2, 0.25) is 0 Å². The van der Waals surface area contributed by atoms with Crippen LogP contribution >= 0.6 is 0 Å². The molecule has 5 nitrogen and oxygen atoms in total. The Kier molecular flexibility index (Phi) is 3.69. The summed E-state index contributed by atoms with van der Waals surface area (Å²) in [6.45, 7) is 4.58. The predicted octanol–water partition coefficient (Wildman–Crippen LogP) is 0.905. The molecular weight excluding hydrogens is 230 g/mol. The highest BCUT2D eigenvalue weighted by molar-refractivity contribution is 5.97. The van der Waals surface area contributed by atoms with Gasteiger partial charge in [-0.1, -0.05) is 13.8 Å². The van der Waals surface area contributed by atoms with E-state index in [-0.39, 0.29) is 17.9 Å². The van der Waals surface area contributed by atoms with Crippen LogP contribution in [-0.2, 0) is 11.3 Å². The number of amides is 2. The normalized spacial score (nSPS) is 18.4. The highest BCUT2D eigenvalue weighted by Gasteiger charge is 2.29. The van der Waals surface area contributed by atoms with Crippen LogP contribution in [0.15, 0.2) is 18.3 Å². The SMILES string of the molecule is CCC(CC)NC(=O)C1Cn2cccc2C(=O)N1. The van der Waals surface area contributed by atoms with Gasteiger partial charge in [-0.2, -0.15) is 0 Å². The molecule has 1 unspecified atom stereocenters. The molecule has 2 heterocycles. The fourth-order valence-electron chi connectivity index (χ4n) is 2.20. The average molecular weight is 249 g/mol. The van der Waals surface area contributed by atoms with Gasteiger partial charge < -0.3 is 15.2 Å². The Balaban J connectivity index is 2.04. The van der Waals surface area contributed by atoms with Crippen LogP contribution in [0.4, 0.5) is 0 Å². The van der Waals surface area contributed by atoms with Crippen LogP contribution < -0.4 is 10.6 Å². The summed E-state index contributed by atoms with van der Waals surface area (Å²) in [5.74, 6) is -0.285. The molecule has 1 aromatic rings. The summed E-state index contributed by atoms with van der Waals surface area (Å²) >= 11 is 0. The highest BCUT2D eigenvalue weighted by atomic mass is 16.2. The minimum Gasteiger partial charge on any atom is -0.352 e. The Morgan fingerprint density at radius 3 is 2.94 bits per heavy atom. The van der Waals surface area contributed by atoms with Crippen LogP contribution in [0.1, 0.15) is 37.2 Å².